The lowest BCUT2D eigenvalue weighted by molar-refractivity contribution is 0.437. The van der Waals surface area contributed by atoms with Crippen LogP contribution in [-0.2, 0) is 12.8 Å². The minimum absolute atomic E-state index is 0.681. The molecule has 13 heavy (non-hydrogen) atoms. The molecular formula is C9H15N3O. The molecule has 0 saturated heterocycles. The van der Waals surface area contributed by atoms with E-state index in [9.17, 15) is 0 Å². The molecule has 1 aliphatic rings. The van der Waals surface area contributed by atoms with Crippen LogP contribution in [0.15, 0.2) is 4.42 Å². The normalized spacial score (nSPS) is 16.4. The molecule has 72 valence electrons. The Morgan fingerprint density at radius 3 is 2.77 bits per heavy atom. The standard InChI is InChI=1S/C9H15N3O/c10-5-1-2-8-11-12-9(13-8)6-7-3-4-7/h7H,1-6,10H2. The molecule has 1 fully saturated rings. The number of aromatic nitrogens is 2. The predicted octanol–water partition coefficient (Wildman–Crippen LogP) is 0.913. The van der Waals surface area contributed by atoms with Crippen LogP contribution in [0.4, 0.5) is 0 Å². The number of hydrogen-bond acceptors (Lipinski definition) is 4. The molecule has 0 unspecified atom stereocenters. The van der Waals surface area contributed by atoms with E-state index < -0.39 is 0 Å². The largest absolute Gasteiger partial charge is 0.425 e. The van der Waals surface area contributed by atoms with Gasteiger partial charge in [-0.2, -0.15) is 0 Å². The van der Waals surface area contributed by atoms with Gasteiger partial charge >= 0.3 is 0 Å². The molecule has 4 heteroatoms. The molecule has 0 amide bonds. The van der Waals surface area contributed by atoms with Crippen LogP contribution in [0, 0.1) is 5.92 Å². The van der Waals surface area contributed by atoms with Gasteiger partial charge in [0.05, 0.1) is 0 Å². The molecular weight excluding hydrogens is 166 g/mol. The minimum Gasteiger partial charge on any atom is -0.425 e. The van der Waals surface area contributed by atoms with Crippen molar-refractivity contribution in [3.63, 3.8) is 0 Å². The van der Waals surface area contributed by atoms with Gasteiger partial charge < -0.3 is 10.2 Å². The summed E-state index contributed by atoms with van der Waals surface area (Å²) in [6, 6.07) is 0. The number of nitrogens with two attached hydrogens (primary N) is 1. The summed E-state index contributed by atoms with van der Waals surface area (Å²) in [6.07, 6.45) is 5.34. The van der Waals surface area contributed by atoms with Crippen molar-refractivity contribution in [2.24, 2.45) is 11.7 Å². The van der Waals surface area contributed by atoms with Crippen LogP contribution in [0.1, 0.15) is 31.0 Å². The molecule has 2 N–H and O–H groups in total. The third-order valence-electron chi connectivity index (χ3n) is 2.26. The van der Waals surface area contributed by atoms with Crippen molar-refractivity contribution in [3.8, 4) is 0 Å². The quantitative estimate of drug-likeness (QED) is 0.733. The third-order valence-corrected chi connectivity index (χ3v) is 2.26. The highest BCUT2D eigenvalue weighted by Gasteiger charge is 2.24. The lowest BCUT2D eigenvalue weighted by Crippen LogP contribution is -2.00. The molecule has 0 bridgehead atoms. The van der Waals surface area contributed by atoms with Crippen LogP contribution in [-0.4, -0.2) is 16.7 Å². The second kappa shape index (κ2) is 3.87. The van der Waals surface area contributed by atoms with Crippen LogP contribution < -0.4 is 5.73 Å². The number of rotatable bonds is 5. The van der Waals surface area contributed by atoms with E-state index in [4.69, 9.17) is 10.2 Å². The van der Waals surface area contributed by atoms with Gasteiger partial charge in [0.25, 0.3) is 0 Å². The van der Waals surface area contributed by atoms with Gasteiger partial charge in [0, 0.05) is 12.8 Å². The van der Waals surface area contributed by atoms with Gasteiger partial charge in [0.15, 0.2) is 0 Å². The molecule has 1 heterocycles. The molecule has 0 aromatic carbocycles. The fourth-order valence-corrected chi connectivity index (χ4v) is 1.29. The SMILES string of the molecule is NCCCc1nnc(CC2CC2)o1. The summed E-state index contributed by atoms with van der Waals surface area (Å²) < 4.78 is 5.46. The van der Waals surface area contributed by atoms with Crippen molar-refractivity contribution in [2.45, 2.75) is 32.1 Å². The molecule has 1 saturated carbocycles. The fraction of sp³-hybridized carbons (Fsp3) is 0.778. The second-order valence-electron chi connectivity index (χ2n) is 3.63. The van der Waals surface area contributed by atoms with Crippen LogP contribution in [0.25, 0.3) is 0 Å². The number of aryl methyl sites for hydroxylation is 1. The lowest BCUT2D eigenvalue weighted by atomic mass is 10.3. The van der Waals surface area contributed by atoms with Gasteiger partial charge in [-0.3, -0.25) is 0 Å². The van der Waals surface area contributed by atoms with E-state index in [-0.39, 0.29) is 0 Å². The van der Waals surface area contributed by atoms with Crippen molar-refractivity contribution in [1.82, 2.24) is 10.2 Å². The Morgan fingerprint density at radius 2 is 2.08 bits per heavy atom. The summed E-state index contributed by atoms with van der Waals surface area (Å²) in [5.74, 6) is 2.35. The van der Waals surface area contributed by atoms with Crippen molar-refractivity contribution >= 4 is 0 Å². The zero-order valence-electron chi connectivity index (χ0n) is 7.70. The Labute approximate surface area is 77.5 Å². The summed E-state index contributed by atoms with van der Waals surface area (Å²) >= 11 is 0. The first-order valence-corrected chi connectivity index (χ1v) is 4.90. The molecule has 4 nitrogen and oxygen atoms in total. The fourth-order valence-electron chi connectivity index (χ4n) is 1.29. The lowest BCUT2D eigenvalue weighted by Gasteiger charge is -1.90. The molecule has 1 aromatic rings. The van der Waals surface area contributed by atoms with Crippen LogP contribution in [0.5, 0.6) is 0 Å². The van der Waals surface area contributed by atoms with Gasteiger partial charge in [0.1, 0.15) is 0 Å². The van der Waals surface area contributed by atoms with Crippen molar-refractivity contribution < 1.29 is 4.42 Å². The van der Waals surface area contributed by atoms with Crippen LogP contribution >= 0.6 is 0 Å². The second-order valence-corrected chi connectivity index (χ2v) is 3.63. The van der Waals surface area contributed by atoms with E-state index >= 15 is 0 Å². The Morgan fingerprint density at radius 1 is 1.31 bits per heavy atom. The average molecular weight is 181 g/mol. The van der Waals surface area contributed by atoms with E-state index in [2.05, 4.69) is 10.2 Å². The monoisotopic (exact) mass is 181 g/mol. The molecule has 0 spiro atoms. The first-order valence-electron chi connectivity index (χ1n) is 4.90. The van der Waals surface area contributed by atoms with E-state index in [0.29, 0.717) is 6.54 Å². The summed E-state index contributed by atoms with van der Waals surface area (Å²) in [7, 11) is 0. The minimum atomic E-state index is 0.681. The maximum atomic E-state index is 5.46. The average Bonchev–Trinajstić information content (AvgIpc) is 2.81. The van der Waals surface area contributed by atoms with Gasteiger partial charge in [-0.05, 0) is 31.7 Å². The summed E-state index contributed by atoms with van der Waals surface area (Å²) in [4.78, 5) is 0. The van der Waals surface area contributed by atoms with Crippen LogP contribution in [0.2, 0.25) is 0 Å². The molecule has 0 aliphatic heterocycles. The zero-order valence-corrected chi connectivity index (χ0v) is 7.70. The number of hydrogen-bond donors (Lipinski definition) is 1. The number of nitrogens with zero attached hydrogens (tertiary/aromatic N) is 2. The third kappa shape index (κ3) is 2.52. The van der Waals surface area contributed by atoms with Gasteiger partial charge in [-0.25, -0.2) is 0 Å². The van der Waals surface area contributed by atoms with Gasteiger partial charge in [0.2, 0.25) is 11.8 Å². The summed E-state index contributed by atoms with van der Waals surface area (Å²) in [5, 5.41) is 7.95. The highest BCUT2D eigenvalue weighted by atomic mass is 16.4. The predicted molar refractivity (Wildman–Crippen MR) is 48.1 cm³/mol. The molecule has 1 aromatic heterocycles. The van der Waals surface area contributed by atoms with Crippen LogP contribution in [0.3, 0.4) is 0 Å². The Balaban J connectivity index is 1.84. The van der Waals surface area contributed by atoms with Crippen molar-refractivity contribution in [1.29, 1.82) is 0 Å². The molecule has 0 radical (unpaired) electrons. The van der Waals surface area contributed by atoms with E-state index in [0.717, 1.165) is 37.0 Å². The molecule has 2 rings (SSSR count). The highest BCUT2D eigenvalue weighted by Crippen LogP contribution is 2.32. The summed E-state index contributed by atoms with van der Waals surface area (Å²) in [5.41, 5.74) is 5.38. The first-order chi connectivity index (χ1) is 6.38. The van der Waals surface area contributed by atoms with Crippen molar-refractivity contribution in [3.05, 3.63) is 11.8 Å². The van der Waals surface area contributed by atoms with E-state index in [1.54, 1.807) is 0 Å². The van der Waals surface area contributed by atoms with Gasteiger partial charge in [-0.15, -0.1) is 10.2 Å². The van der Waals surface area contributed by atoms with E-state index in [1.807, 2.05) is 0 Å². The van der Waals surface area contributed by atoms with E-state index in [1.165, 1.54) is 12.8 Å². The summed E-state index contributed by atoms with van der Waals surface area (Å²) in [6.45, 7) is 0.681. The smallest absolute Gasteiger partial charge is 0.216 e. The topological polar surface area (TPSA) is 64.9 Å². The molecule has 1 aliphatic carbocycles. The Bertz CT molecular complexity index is 268. The molecule has 0 atom stereocenters. The highest BCUT2D eigenvalue weighted by molar-refractivity contribution is 4.88. The van der Waals surface area contributed by atoms with Gasteiger partial charge in [-0.1, -0.05) is 0 Å². The Kier molecular flexibility index (Phi) is 2.59. The zero-order chi connectivity index (χ0) is 9.10. The first kappa shape index (κ1) is 8.69. The maximum absolute atomic E-state index is 5.46. The van der Waals surface area contributed by atoms with Crippen molar-refractivity contribution in [2.75, 3.05) is 6.54 Å². The Hall–Kier alpha value is -0.900. The maximum Gasteiger partial charge on any atom is 0.216 e.